The summed E-state index contributed by atoms with van der Waals surface area (Å²) in [5, 5.41) is 4.60. The minimum absolute atomic E-state index is 0.0926. The number of H-pyrrole nitrogens is 1. The van der Waals surface area contributed by atoms with Crippen LogP contribution in [-0.2, 0) is 6.54 Å². The molecule has 3 rings (SSSR count). The number of rotatable bonds is 6. The molecule has 0 bridgehead atoms. The molecule has 1 aliphatic heterocycles. The first-order valence-corrected chi connectivity index (χ1v) is 9.15. The van der Waals surface area contributed by atoms with Crippen LogP contribution in [0.4, 0.5) is 0 Å². The lowest BCUT2D eigenvalue weighted by molar-refractivity contribution is 0.195. The van der Waals surface area contributed by atoms with Crippen LogP contribution in [0, 0.1) is 5.92 Å². The van der Waals surface area contributed by atoms with Crippen LogP contribution in [0.3, 0.4) is 0 Å². The van der Waals surface area contributed by atoms with E-state index in [-0.39, 0.29) is 5.56 Å². The fraction of sp³-hybridized carbons (Fsp3) is 0.556. The van der Waals surface area contributed by atoms with E-state index >= 15 is 0 Å². The Morgan fingerprint density at radius 1 is 1.33 bits per heavy atom. The maximum atomic E-state index is 12.3. The highest BCUT2D eigenvalue weighted by Gasteiger charge is 2.17. The fourth-order valence-electron chi connectivity index (χ4n) is 3.43. The molecule has 0 unspecified atom stereocenters. The zero-order chi connectivity index (χ0) is 16.9. The standard InChI is InChI=1S/C18H25ClN4O/c1-2-9-23(11-13-5-7-20-8-6-13)12-17-21-16-10-14(19)3-4-15(16)18(24)22-17/h3-4,10,13,20H,2,5-9,11-12H2,1H3,(H,21,22,24). The van der Waals surface area contributed by atoms with Crippen LogP contribution in [0.1, 0.15) is 32.0 Å². The van der Waals surface area contributed by atoms with Gasteiger partial charge in [0.1, 0.15) is 5.82 Å². The number of nitrogens with one attached hydrogen (secondary N) is 2. The molecule has 0 radical (unpaired) electrons. The fourth-order valence-corrected chi connectivity index (χ4v) is 3.59. The summed E-state index contributed by atoms with van der Waals surface area (Å²) < 4.78 is 0. The van der Waals surface area contributed by atoms with E-state index in [0.29, 0.717) is 22.5 Å². The second-order valence-electron chi connectivity index (χ2n) is 6.60. The maximum Gasteiger partial charge on any atom is 0.258 e. The third-order valence-corrected chi connectivity index (χ3v) is 4.84. The van der Waals surface area contributed by atoms with Gasteiger partial charge in [0.2, 0.25) is 0 Å². The van der Waals surface area contributed by atoms with Gasteiger partial charge >= 0.3 is 0 Å². The molecule has 0 atom stereocenters. The second-order valence-corrected chi connectivity index (χ2v) is 7.04. The Balaban J connectivity index is 1.78. The van der Waals surface area contributed by atoms with Crippen molar-refractivity contribution in [2.24, 2.45) is 5.92 Å². The lowest BCUT2D eigenvalue weighted by atomic mass is 9.97. The predicted octanol–water partition coefficient (Wildman–Crippen LogP) is 2.79. The largest absolute Gasteiger partial charge is 0.317 e. The molecule has 2 aromatic rings. The van der Waals surface area contributed by atoms with Gasteiger partial charge in [0, 0.05) is 11.6 Å². The van der Waals surface area contributed by atoms with Crippen LogP contribution in [0.2, 0.25) is 5.02 Å². The number of hydrogen-bond acceptors (Lipinski definition) is 4. The average molecular weight is 349 g/mol. The summed E-state index contributed by atoms with van der Waals surface area (Å²) in [5.41, 5.74) is 0.574. The Labute approximate surface area is 147 Å². The topological polar surface area (TPSA) is 61.0 Å². The SMILES string of the molecule is CCCN(Cc1nc2cc(Cl)ccc2c(=O)[nH]1)CC1CCNCC1. The Bertz CT molecular complexity index is 739. The highest BCUT2D eigenvalue weighted by Crippen LogP contribution is 2.17. The Morgan fingerprint density at radius 2 is 2.12 bits per heavy atom. The molecular formula is C18H25ClN4O. The van der Waals surface area contributed by atoms with Crippen molar-refractivity contribution in [1.82, 2.24) is 20.2 Å². The predicted molar refractivity (Wildman–Crippen MR) is 98.5 cm³/mol. The molecule has 24 heavy (non-hydrogen) atoms. The molecule has 1 saturated heterocycles. The number of aromatic amines is 1. The molecule has 2 heterocycles. The number of halogens is 1. The quantitative estimate of drug-likeness (QED) is 0.842. The Hall–Kier alpha value is -1.43. The van der Waals surface area contributed by atoms with Crippen LogP contribution in [0.15, 0.2) is 23.0 Å². The van der Waals surface area contributed by atoms with Gasteiger partial charge in [-0.05, 0) is 63.0 Å². The molecule has 0 amide bonds. The molecule has 6 heteroatoms. The van der Waals surface area contributed by atoms with Crippen molar-refractivity contribution in [3.05, 3.63) is 39.4 Å². The van der Waals surface area contributed by atoms with E-state index in [1.165, 1.54) is 12.8 Å². The van der Waals surface area contributed by atoms with Crippen molar-refractivity contribution < 1.29 is 0 Å². The van der Waals surface area contributed by atoms with Crippen LogP contribution in [0.25, 0.3) is 10.9 Å². The van der Waals surface area contributed by atoms with Gasteiger partial charge in [-0.15, -0.1) is 0 Å². The highest BCUT2D eigenvalue weighted by atomic mass is 35.5. The Kier molecular flexibility index (Phi) is 5.87. The van der Waals surface area contributed by atoms with Gasteiger partial charge in [0.25, 0.3) is 5.56 Å². The molecule has 0 saturated carbocycles. The molecule has 1 aromatic heterocycles. The third kappa shape index (κ3) is 4.35. The minimum Gasteiger partial charge on any atom is -0.317 e. The van der Waals surface area contributed by atoms with Gasteiger partial charge < -0.3 is 10.3 Å². The van der Waals surface area contributed by atoms with Crippen molar-refractivity contribution in [1.29, 1.82) is 0 Å². The number of aromatic nitrogens is 2. The summed E-state index contributed by atoms with van der Waals surface area (Å²) in [4.78, 5) is 22.2. The van der Waals surface area contributed by atoms with Crippen molar-refractivity contribution in [2.45, 2.75) is 32.7 Å². The van der Waals surface area contributed by atoms with Crippen LogP contribution >= 0.6 is 11.6 Å². The van der Waals surface area contributed by atoms with Gasteiger partial charge in [0.15, 0.2) is 0 Å². The summed E-state index contributed by atoms with van der Waals surface area (Å²) in [6.45, 7) is 7.15. The van der Waals surface area contributed by atoms with E-state index in [9.17, 15) is 4.79 Å². The van der Waals surface area contributed by atoms with Crippen LogP contribution in [0.5, 0.6) is 0 Å². The van der Waals surface area contributed by atoms with E-state index < -0.39 is 0 Å². The first-order valence-electron chi connectivity index (χ1n) is 8.77. The van der Waals surface area contributed by atoms with E-state index in [1.54, 1.807) is 18.2 Å². The molecular weight excluding hydrogens is 324 g/mol. The molecule has 0 aliphatic carbocycles. The minimum atomic E-state index is -0.0926. The van der Waals surface area contributed by atoms with Gasteiger partial charge in [-0.3, -0.25) is 9.69 Å². The van der Waals surface area contributed by atoms with Crippen molar-refractivity contribution in [3.8, 4) is 0 Å². The molecule has 1 aromatic carbocycles. The van der Waals surface area contributed by atoms with Gasteiger partial charge in [-0.25, -0.2) is 4.98 Å². The lowest BCUT2D eigenvalue weighted by Gasteiger charge is -2.29. The van der Waals surface area contributed by atoms with Gasteiger partial charge in [-0.1, -0.05) is 18.5 Å². The van der Waals surface area contributed by atoms with E-state index in [1.807, 2.05) is 0 Å². The monoisotopic (exact) mass is 348 g/mol. The highest BCUT2D eigenvalue weighted by molar-refractivity contribution is 6.31. The van der Waals surface area contributed by atoms with Crippen LogP contribution < -0.4 is 10.9 Å². The first-order chi connectivity index (χ1) is 11.7. The lowest BCUT2D eigenvalue weighted by Crippen LogP contribution is -2.36. The number of hydrogen-bond donors (Lipinski definition) is 2. The van der Waals surface area contributed by atoms with E-state index in [4.69, 9.17) is 11.6 Å². The summed E-state index contributed by atoms with van der Waals surface area (Å²) >= 11 is 6.04. The van der Waals surface area contributed by atoms with Gasteiger partial charge in [0.05, 0.1) is 17.4 Å². The number of fused-ring (bicyclic) bond motifs is 1. The summed E-state index contributed by atoms with van der Waals surface area (Å²) in [5.74, 6) is 1.44. The average Bonchev–Trinajstić information content (AvgIpc) is 2.55. The zero-order valence-electron chi connectivity index (χ0n) is 14.1. The number of piperidine rings is 1. The molecule has 130 valence electrons. The normalized spacial score (nSPS) is 16.1. The van der Waals surface area contributed by atoms with Crippen LogP contribution in [-0.4, -0.2) is 41.0 Å². The summed E-state index contributed by atoms with van der Waals surface area (Å²) in [7, 11) is 0. The van der Waals surface area contributed by atoms with E-state index in [0.717, 1.165) is 44.3 Å². The Morgan fingerprint density at radius 3 is 2.88 bits per heavy atom. The maximum absolute atomic E-state index is 12.3. The number of benzene rings is 1. The molecule has 1 aliphatic rings. The third-order valence-electron chi connectivity index (χ3n) is 4.61. The van der Waals surface area contributed by atoms with Crippen molar-refractivity contribution in [3.63, 3.8) is 0 Å². The summed E-state index contributed by atoms with van der Waals surface area (Å²) in [6.07, 6.45) is 3.53. The molecule has 1 fully saturated rings. The summed E-state index contributed by atoms with van der Waals surface area (Å²) in [6, 6.07) is 5.21. The molecule has 2 N–H and O–H groups in total. The molecule has 0 spiro atoms. The van der Waals surface area contributed by atoms with Gasteiger partial charge in [-0.2, -0.15) is 0 Å². The van der Waals surface area contributed by atoms with E-state index in [2.05, 4.69) is 27.1 Å². The van der Waals surface area contributed by atoms with Crippen molar-refractivity contribution >= 4 is 22.5 Å². The second kappa shape index (κ2) is 8.10. The number of nitrogens with zero attached hydrogens (tertiary/aromatic N) is 2. The smallest absolute Gasteiger partial charge is 0.258 e. The first kappa shape index (κ1) is 17.4. The van der Waals surface area contributed by atoms with Crippen molar-refractivity contribution in [2.75, 3.05) is 26.2 Å². The zero-order valence-corrected chi connectivity index (χ0v) is 14.9. The molecule has 5 nitrogen and oxygen atoms in total.